The Morgan fingerprint density at radius 3 is 2.70 bits per heavy atom. The van der Waals surface area contributed by atoms with E-state index in [0.717, 1.165) is 22.0 Å². The van der Waals surface area contributed by atoms with Crippen molar-refractivity contribution in [3.8, 4) is 0 Å². The molecule has 1 fully saturated rings. The number of carbonyl (C=O) groups excluding carboxylic acids is 3. The number of piperidine rings is 1. The van der Waals surface area contributed by atoms with Gasteiger partial charge in [0.15, 0.2) is 0 Å². The highest BCUT2D eigenvalue weighted by Crippen LogP contribution is 2.43. The number of aromatic nitrogens is 1. The van der Waals surface area contributed by atoms with Gasteiger partial charge in [-0.05, 0) is 41.6 Å². The third-order valence-electron chi connectivity index (χ3n) is 5.76. The molecule has 0 saturated carbocycles. The van der Waals surface area contributed by atoms with E-state index in [9.17, 15) is 14.4 Å². The summed E-state index contributed by atoms with van der Waals surface area (Å²) in [6.45, 7) is 0. The Balaban J connectivity index is 1.65. The maximum Gasteiger partial charge on any atom is 0.259 e. The summed E-state index contributed by atoms with van der Waals surface area (Å²) in [4.78, 5) is 43.2. The molecule has 1 saturated heterocycles. The summed E-state index contributed by atoms with van der Waals surface area (Å²) in [5.41, 5.74) is 2.89. The van der Waals surface area contributed by atoms with E-state index in [2.05, 4.69) is 10.3 Å². The molecule has 1 aromatic heterocycles. The van der Waals surface area contributed by atoms with Gasteiger partial charge in [0.2, 0.25) is 11.8 Å². The maximum atomic E-state index is 13.2. The topological polar surface area (TPSA) is 88.6 Å². The molecular weight excluding hydrogens is 382 g/mol. The van der Waals surface area contributed by atoms with E-state index in [1.165, 1.54) is 4.90 Å². The van der Waals surface area contributed by atoms with Crippen LogP contribution < -0.4 is 10.2 Å². The summed E-state index contributed by atoms with van der Waals surface area (Å²) in [6, 6.07) is 14.3. The molecule has 3 aromatic rings. The van der Waals surface area contributed by atoms with Gasteiger partial charge in [0.1, 0.15) is 12.1 Å². The highest BCUT2D eigenvalue weighted by Gasteiger charge is 2.41. The Kier molecular flexibility index (Phi) is 4.33. The van der Waals surface area contributed by atoms with E-state index in [4.69, 9.17) is 4.74 Å². The van der Waals surface area contributed by atoms with Crippen LogP contribution in [0, 0.1) is 0 Å². The smallest absolute Gasteiger partial charge is 0.259 e. The third-order valence-corrected chi connectivity index (χ3v) is 5.76. The first kappa shape index (κ1) is 18.4. The summed E-state index contributed by atoms with van der Waals surface area (Å²) in [5.74, 6) is -0.971. The van der Waals surface area contributed by atoms with E-state index < -0.39 is 18.1 Å². The van der Waals surface area contributed by atoms with Crippen LogP contribution in [-0.4, -0.2) is 35.9 Å². The lowest BCUT2D eigenvalue weighted by Crippen LogP contribution is -2.53. The molecule has 30 heavy (non-hydrogen) atoms. The minimum absolute atomic E-state index is 0.211. The van der Waals surface area contributed by atoms with Gasteiger partial charge in [-0.2, -0.15) is 0 Å². The van der Waals surface area contributed by atoms with Crippen LogP contribution in [0.15, 0.2) is 54.7 Å². The first-order chi connectivity index (χ1) is 14.6. The lowest BCUT2D eigenvalue weighted by molar-refractivity contribution is -0.134. The van der Waals surface area contributed by atoms with E-state index in [1.54, 1.807) is 19.4 Å². The number of hydrogen-bond acceptors (Lipinski definition) is 5. The van der Waals surface area contributed by atoms with Crippen molar-refractivity contribution in [1.82, 2.24) is 10.3 Å². The minimum Gasteiger partial charge on any atom is -0.370 e. The molecular formula is C23H19N3O4. The molecule has 150 valence electrons. The van der Waals surface area contributed by atoms with Gasteiger partial charge in [-0.3, -0.25) is 29.6 Å². The van der Waals surface area contributed by atoms with Crippen molar-refractivity contribution >= 4 is 34.2 Å². The molecule has 5 rings (SSSR count). The molecule has 2 unspecified atom stereocenters. The maximum absolute atomic E-state index is 13.2. The lowest BCUT2D eigenvalue weighted by atomic mass is 9.95. The predicted molar refractivity (Wildman–Crippen MR) is 110 cm³/mol. The van der Waals surface area contributed by atoms with Gasteiger partial charge in [-0.1, -0.05) is 24.3 Å². The lowest BCUT2D eigenvalue weighted by Gasteiger charge is -2.30. The van der Waals surface area contributed by atoms with Crippen molar-refractivity contribution in [3.05, 3.63) is 71.5 Å². The summed E-state index contributed by atoms with van der Waals surface area (Å²) >= 11 is 0. The van der Waals surface area contributed by atoms with Crippen LogP contribution in [0.4, 0.5) is 5.69 Å². The van der Waals surface area contributed by atoms with Crippen LogP contribution in [0.2, 0.25) is 0 Å². The zero-order valence-corrected chi connectivity index (χ0v) is 16.3. The molecule has 0 aliphatic carbocycles. The zero-order valence-electron chi connectivity index (χ0n) is 16.3. The number of rotatable bonds is 4. The Morgan fingerprint density at radius 2 is 1.97 bits per heavy atom. The molecule has 1 N–H and O–H groups in total. The van der Waals surface area contributed by atoms with E-state index in [-0.39, 0.29) is 18.2 Å². The number of hydrogen-bond donors (Lipinski definition) is 1. The van der Waals surface area contributed by atoms with Crippen LogP contribution in [0.1, 0.15) is 40.6 Å². The predicted octanol–water partition coefficient (Wildman–Crippen LogP) is 2.74. The molecule has 0 spiro atoms. The monoisotopic (exact) mass is 401 g/mol. The number of nitrogens with zero attached hydrogens (tertiary/aromatic N) is 2. The molecule has 3 amide bonds. The zero-order chi connectivity index (χ0) is 20.8. The fourth-order valence-corrected chi connectivity index (χ4v) is 4.43. The normalized spacial score (nSPS) is 19.3. The number of pyridine rings is 1. The van der Waals surface area contributed by atoms with E-state index in [1.807, 2.05) is 42.5 Å². The first-order valence-corrected chi connectivity index (χ1v) is 9.76. The number of ether oxygens (including phenoxy) is 1. The second kappa shape index (κ2) is 7.03. The average molecular weight is 401 g/mol. The highest BCUT2D eigenvalue weighted by molar-refractivity contribution is 6.27. The minimum atomic E-state index is -0.703. The van der Waals surface area contributed by atoms with E-state index >= 15 is 0 Å². The van der Waals surface area contributed by atoms with Crippen LogP contribution in [-0.2, 0) is 14.3 Å². The number of imide groups is 1. The number of amides is 3. The second-order valence-electron chi connectivity index (χ2n) is 7.41. The molecule has 0 bridgehead atoms. The standard InChI is InChI=1S/C23H19N3O4/c1-30-21(16-7-2-3-12-24-16)14-8-9-17-20-13(14)5-4-6-15(20)23(29)26(17)18-10-11-19(27)25-22(18)28/h2-9,12,18,21H,10-11H2,1H3,(H,25,27,28). The Morgan fingerprint density at radius 1 is 1.10 bits per heavy atom. The number of methoxy groups -OCH3 is 1. The van der Waals surface area contributed by atoms with Crippen molar-refractivity contribution in [2.24, 2.45) is 0 Å². The van der Waals surface area contributed by atoms with Crippen molar-refractivity contribution in [2.45, 2.75) is 25.0 Å². The number of nitrogens with one attached hydrogen (secondary N) is 1. The Labute approximate surface area is 172 Å². The van der Waals surface area contributed by atoms with Crippen LogP contribution in [0.5, 0.6) is 0 Å². The second-order valence-corrected chi connectivity index (χ2v) is 7.41. The summed E-state index contributed by atoms with van der Waals surface area (Å²) in [6.07, 6.45) is 1.84. The van der Waals surface area contributed by atoms with Crippen molar-refractivity contribution < 1.29 is 19.1 Å². The highest BCUT2D eigenvalue weighted by atomic mass is 16.5. The van der Waals surface area contributed by atoms with Gasteiger partial charge in [-0.25, -0.2) is 0 Å². The van der Waals surface area contributed by atoms with Crippen molar-refractivity contribution in [3.63, 3.8) is 0 Å². The molecule has 2 aliphatic heterocycles. The fraction of sp³-hybridized carbons (Fsp3) is 0.217. The molecule has 0 radical (unpaired) electrons. The van der Waals surface area contributed by atoms with Gasteiger partial charge >= 0.3 is 0 Å². The number of benzene rings is 2. The van der Waals surface area contributed by atoms with Gasteiger partial charge in [0.25, 0.3) is 5.91 Å². The fourth-order valence-electron chi connectivity index (χ4n) is 4.43. The Bertz CT molecular complexity index is 1190. The number of anilines is 1. The SMILES string of the molecule is COC(c1ccccn1)c1ccc2c3c(cccc13)C(=O)N2C1CCC(=O)NC1=O. The number of carbonyl (C=O) groups is 3. The van der Waals surface area contributed by atoms with Crippen molar-refractivity contribution in [1.29, 1.82) is 0 Å². The van der Waals surface area contributed by atoms with Crippen LogP contribution in [0.3, 0.4) is 0 Å². The Hall–Kier alpha value is -3.58. The van der Waals surface area contributed by atoms with Gasteiger partial charge in [0, 0.05) is 30.7 Å². The molecule has 2 aliphatic rings. The van der Waals surface area contributed by atoms with Crippen molar-refractivity contribution in [2.75, 3.05) is 12.0 Å². The van der Waals surface area contributed by atoms with Gasteiger partial charge in [-0.15, -0.1) is 0 Å². The summed E-state index contributed by atoms with van der Waals surface area (Å²) < 4.78 is 5.77. The molecule has 2 aromatic carbocycles. The summed E-state index contributed by atoms with van der Waals surface area (Å²) in [5, 5.41) is 4.02. The summed E-state index contributed by atoms with van der Waals surface area (Å²) in [7, 11) is 1.63. The van der Waals surface area contributed by atoms with Gasteiger partial charge in [0.05, 0.1) is 11.4 Å². The molecule has 7 nitrogen and oxygen atoms in total. The third kappa shape index (κ3) is 2.70. The quantitative estimate of drug-likeness (QED) is 0.679. The molecule has 2 atom stereocenters. The van der Waals surface area contributed by atoms with Gasteiger partial charge < -0.3 is 4.74 Å². The van der Waals surface area contributed by atoms with Crippen LogP contribution >= 0.6 is 0 Å². The first-order valence-electron chi connectivity index (χ1n) is 9.76. The van der Waals surface area contributed by atoms with E-state index in [0.29, 0.717) is 17.7 Å². The molecule has 3 heterocycles. The average Bonchev–Trinajstić information content (AvgIpc) is 3.04. The van der Waals surface area contributed by atoms with Crippen LogP contribution in [0.25, 0.3) is 10.8 Å². The molecule has 7 heteroatoms. The largest absolute Gasteiger partial charge is 0.370 e.